The standard InChI is InChI=1S/C13H22N4O/c14-6-9-17(10-7-15)11-8-16-13(18)12-4-2-1-3-5-12/h1-5H,6-11,14-15H2,(H,16,18). The van der Waals surface area contributed by atoms with Gasteiger partial charge in [-0.3, -0.25) is 9.69 Å². The van der Waals surface area contributed by atoms with Crippen LogP contribution in [0.5, 0.6) is 0 Å². The van der Waals surface area contributed by atoms with Crippen molar-refractivity contribution in [2.24, 2.45) is 11.5 Å². The van der Waals surface area contributed by atoms with Crippen molar-refractivity contribution in [3.8, 4) is 0 Å². The smallest absolute Gasteiger partial charge is 0.251 e. The molecule has 1 rings (SSSR count). The molecule has 0 radical (unpaired) electrons. The van der Waals surface area contributed by atoms with E-state index in [1.54, 1.807) is 12.1 Å². The number of nitrogens with two attached hydrogens (primary N) is 2. The largest absolute Gasteiger partial charge is 0.351 e. The van der Waals surface area contributed by atoms with Crippen molar-refractivity contribution in [2.75, 3.05) is 39.3 Å². The molecule has 0 aliphatic rings. The highest BCUT2D eigenvalue weighted by atomic mass is 16.1. The van der Waals surface area contributed by atoms with Gasteiger partial charge in [0.1, 0.15) is 0 Å². The van der Waals surface area contributed by atoms with Gasteiger partial charge in [-0.25, -0.2) is 0 Å². The number of nitrogens with zero attached hydrogens (tertiary/aromatic N) is 1. The first-order valence-corrected chi connectivity index (χ1v) is 6.23. The van der Waals surface area contributed by atoms with E-state index in [2.05, 4.69) is 10.2 Å². The maximum Gasteiger partial charge on any atom is 0.251 e. The summed E-state index contributed by atoms with van der Waals surface area (Å²) in [5.74, 6) is -0.0453. The lowest BCUT2D eigenvalue weighted by Crippen LogP contribution is -2.39. The molecule has 1 aromatic rings. The van der Waals surface area contributed by atoms with Crippen molar-refractivity contribution in [3.05, 3.63) is 35.9 Å². The minimum atomic E-state index is -0.0453. The van der Waals surface area contributed by atoms with Crippen molar-refractivity contribution in [2.45, 2.75) is 0 Å². The average Bonchev–Trinajstić information content (AvgIpc) is 2.40. The summed E-state index contributed by atoms with van der Waals surface area (Å²) >= 11 is 0. The average molecular weight is 250 g/mol. The highest BCUT2D eigenvalue weighted by molar-refractivity contribution is 5.94. The zero-order valence-corrected chi connectivity index (χ0v) is 10.6. The molecule has 0 aliphatic heterocycles. The maximum absolute atomic E-state index is 11.8. The first-order chi connectivity index (χ1) is 8.77. The Bertz CT molecular complexity index is 336. The molecular weight excluding hydrogens is 228 g/mol. The molecule has 5 heteroatoms. The molecule has 0 fully saturated rings. The molecule has 0 bridgehead atoms. The van der Waals surface area contributed by atoms with Gasteiger partial charge in [0, 0.05) is 44.8 Å². The van der Waals surface area contributed by atoms with Crippen LogP contribution in [0.25, 0.3) is 0 Å². The Labute approximate surface area is 108 Å². The van der Waals surface area contributed by atoms with Gasteiger partial charge in [-0.1, -0.05) is 18.2 Å². The van der Waals surface area contributed by atoms with Crippen LogP contribution in [0.15, 0.2) is 30.3 Å². The number of carbonyl (C=O) groups is 1. The molecule has 0 heterocycles. The van der Waals surface area contributed by atoms with E-state index in [4.69, 9.17) is 11.5 Å². The predicted octanol–water partition coefficient (Wildman–Crippen LogP) is -0.364. The lowest BCUT2D eigenvalue weighted by Gasteiger charge is -2.20. The Kier molecular flexibility index (Phi) is 7.01. The second-order valence-electron chi connectivity index (χ2n) is 4.04. The molecule has 0 atom stereocenters. The highest BCUT2D eigenvalue weighted by Crippen LogP contribution is 1.97. The number of benzene rings is 1. The highest BCUT2D eigenvalue weighted by Gasteiger charge is 2.05. The number of hydrogen-bond acceptors (Lipinski definition) is 4. The van der Waals surface area contributed by atoms with Crippen molar-refractivity contribution in [1.29, 1.82) is 0 Å². The molecule has 0 aromatic heterocycles. The maximum atomic E-state index is 11.8. The van der Waals surface area contributed by atoms with Crippen molar-refractivity contribution >= 4 is 5.91 Å². The van der Waals surface area contributed by atoms with Gasteiger partial charge >= 0.3 is 0 Å². The van der Waals surface area contributed by atoms with E-state index in [0.29, 0.717) is 25.2 Å². The number of rotatable bonds is 8. The van der Waals surface area contributed by atoms with Crippen molar-refractivity contribution < 1.29 is 4.79 Å². The van der Waals surface area contributed by atoms with Crippen LogP contribution < -0.4 is 16.8 Å². The van der Waals surface area contributed by atoms with Gasteiger partial charge < -0.3 is 16.8 Å². The molecular formula is C13H22N4O. The number of amides is 1. The lowest BCUT2D eigenvalue weighted by atomic mass is 10.2. The minimum absolute atomic E-state index is 0.0453. The van der Waals surface area contributed by atoms with Gasteiger partial charge in [0.05, 0.1) is 0 Å². The minimum Gasteiger partial charge on any atom is -0.351 e. The van der Waals surface area contributed by atoms with Crippen LogP contribution in [0, 0.1) is 0 Å². The first kappa shape index (κ1) is 14.6. The summed E-state index contributed by atoms with van der Waals surface area (Å²) in [6.07, 6.45) is 0. The topological polar surface area (TPSA) is 84.4 Å². The van der Waals surface area contributed by atoms with E-state index in [-0.39, 0.29) is 5.91 Å². The molecule has 100 valence electrons. The summed E-state index contributed by atoms with van der Waals surface area (Å²) in [5, 5.41) is 2.88. The first-order valence-electron chi connectivity index (χ1n) is 6.23. The number of nitrogens with one attached hydrogen (secondary N) is 1. The van der Waals surface area contributed by atoms with Crippen LogP contribution in [-0.2, 0) is 0 Å². The van der Waals surface area contributed by atoms with Crippen molar-refractivity contribution in [1.82, 2.24) is 10.2 Å². The molecule has 0 unspecified atom stereocenters. The molecule has 1 amide bonds. The van der Waals surface area contributed by atoms with Crippen LogP contribution in [0.1, 0.15) is 10.4 Å². The van der Waals surface area contributed by atoms with Crippen LogP contribution in [0.3, 0.4) is 0 Å². The monoisotopic (exact) mass is 250 g/mol. The van der Waals surface area contributed by atoms with E-state index >= 15 is 0 Å². The molecule has 5 nitrogen and oxygen atoms in total. The third-order valence-corrected chi connectivity index (χ3v) is 2.64. The zero-order chi connectivity index (χ0) is 13.2. The van der Waals surface area contributed by atoms with E-state index in [1.807, 2.05) is 18.2 Å². The fourth-order valence-corrected chi connectivity index (χ4v) is 1.72. The van der Waals surface area contributed by atoms with E-state index in [1.165, 1.54) is 0 Å². The second kappa shape index (κ2) is 8.63. The van der Waals surface area contributed by atoms with Crippen LogP contribution >= 0.6 is 0 Å². The number of carbonyl (C=O) groups excluding carboxylic acids is 1. The van der Waals surface area contributed by atoms with Crippen LogP contribution in [0.2, 0.25) is 0 Å². The summed E-state index contributed by atoms with van der Waals surface area (Å²) in [7, 11) is 0. The molecule has 5 N–H and O–H groups in total. The third kappa shape index (κ3) is 5.27. The lowest BCUT2D eigenvalue weighted by molar-refractivity contribution is 0.0948. The van der Waals surface area contributed by atoms with E-state index in [0.717, 1.165) is 19.6 Å². The Morgan fingerprint density at radius 1 is 1.06 bits per heavy atom. The van der Waals surface area contributed by atoms with Gasteiger partial charge in [-0.15, -0.1) is 0 Å². The Hall–Kier alpha value is -1.43. The number of hydrogen-bond donors (Lipinski definition) is 3. The van der Waals surface area contributed by atoms with Crippen LogP contribution in [0.4, 0.5) is 0 Å². The Morgan fingerprint density at radius 3 is 2.22 bits per heavy atom. The normalized spacial score (nSPS) is 10.6. The Morgan fingerprint density at radius 2 is 1.67 bits per heavy atom. The van der Waals surface area contributed by atoms with Crippen LogP contribution in [-0.4, -0.2) is 50.1 Å². The van der Waals surface area contributed by atoms with E-state index in [9.17, 15) is 4.79 Å². The molecule has 0 spiro atoms. The molecule has 0 aliphatic carbocycles. The quantitative estimate of drug-likeness (QED) is 0.588. The van der Waals surface area contributed by atoms with Gasteiger partial charge in [-0.05, 0) is 12.1 Å². The summed E-state index contributed by atoms with van der Waals surface area (Å²) in [6, 6.07) is 9.19. The third-order valence-electron chi connectivity index (χ3n) is 2.64. The zero-order valence-electron chi connectivity index (χ0n) is 10.6. The fourth-order valence-electron chi connectivity index (χ4n) is 1.72. The van der Waals surface area contributed by atoms with E-state index < -0.39 is 0 Å². The summed E-state index contributed by atoms with van der Waals surface area (Å²) in [5.41, 5.74) is 11.7. The van der Waals surface area contributed by atoms with Gasteiger partial charge in [0.25, 0.3) is 5.91 Å². The van der Waals surface area contributed by atoms with Gasteiger partial charge in [0.15, 0.2) is 0 Å². The predicted molar refractivity (Wildman–Crippen MR) is 73.3 cm³/mol. The summed E-state index contributed by atoms with van der Waals surface area (Å²) in [4.78, 5) is 13.9. The molecule has 0 saturated heterocycles. The molecule has 1 aromatic carbocycles. The SMILES string of the molecule is NCCN(CCN)CCNC(=O)c1ccccc1. The van der Waals surface area contributed by atoms with Crippen molar-refractivity contribution in [3.63, 3.8) is 0 Å². The molecule has 18 heavy (non-hydrogen) atoms. The van der Waals surface area contributed by atoms with Gasteiger partial charge in [0.2, 0.25) is 0 Å². The summed E-state index contributed by atoms with van der Waals surface area (Å²) in [6.45, 7) is 4.19. The van der Waals surface area contributed by atoms with Gasteiger partial charge in [-0.2, -0.15) is 0 Å². The fraction of sp³-hybridized carbons (Fsp3) is 0.462. The Balaban J connectivity index is 2.30. The summed E-state index contributed by atoms with van der Waals surface area (Å²) < 4.78 is 0. The second-order valence-corrected chi connectivity index (χ2v) is 4.04. The molecule has 0 saturated carbocycles.